The van der Waals surface area contributed by atoms with E-state index >= 15 is 0 Å². The van der Waals surface area contributed by atoms with Crippen molar-refractivity contribution >= 4 is 5.69 Å². The summed E-state index contributed by atoms with van der Waals surface area (Å²) in [5.74, 6) is -5.46. The van der Waals surface area contributed by atoms with E-state index in [0.717, 1.165) is 0 Å². The molecule has 1 aliphatic rings. The Kier molecular flexibility index (Phi) is 5.69. The van der Waals surface area contributed by atoms with Gasteiger partial charge in [-0.2, -0.15) is 22.0 Å². The molecule has 1 aromatic carbocycles. The third-order valence-electron chi connectivity index (χ3n) is 3.80. The number of halogens is 5. The lowest BCUT2D eigenvalue weighted by molar-refractivity contribution is -0.292. The highest BCUT2D eigenvalue weighted by atomic mass is 19.4. The van der Waals surface area contributed by atoms with Gasteiger partial charge in [-0.3, -0.25) is 0 Å². The van der Waals surface area contributed by atoms with Crippen molar-refractivity contribution in [2.75, 3.05) is 25.6 Å². The van der Waals surface area contributed by atoms with Crippen LogP contribution in [0.3, 0.4) is 0 Å². The minimum absolute atomic E-state index is 0.0689. The number of hydrogen-bond donors (Lipinski definition) is 1. The van der Waals surface area contributed by atoms with Crippen molar-refractivity contribution < 1.29 is 31.4 Å². The second-order valence-corrected chi connectivity index (χ2v) is 5.48. The number of alkyl halides is 5. The highest BCUT2D eigenvalue weighted by molar-refractivity contribution is 5.47. The smallest absolute Gasteiger partial charge is 0.455 e. The van der Waals surface area contributed by atoms with Gasteiger partial charge in [0, 0.05) is 11.6 Å². The fourth-order valence-electron chi connectivity index (χ4n) is 2.47. The molecule has 0 amide bonds. The first-order chi connectivity index (χ1) is 11.3. The Hall–Kier alpha value is -1.83. The number of benzene rings is 1. The first kappa shape index (κ1) is 18.5. The van der Waals surface area contributed by atoms with Gasteiger partial charge in [0.05, 0.1) is 20.3 Å². The zero-order chi connectivity index (χ0) is 17.8. The van der Waals surface area contributed by atoms with Crippen LogP contribution in [0.25, 0.3) is 0 Å². The van der Waals surface area contributed by atoms with Gasteiger partial charge in [-0.15, -0.1) is 0 Å². The quantitative estimate of drug-likeness (QED) is 0.635. The lowest BCUT2D eigenvalue weighted by atomic mass is 9.91. The van der Waals surface area contributed by atoms with Crippen molar-refractivity contribution in [3.63, 3.8) is 0 Å². The summed E-state index contributed by atoms with van der Waals surface area (Å²) in [6.45, 7) is 0.00976. The molecule has 1 aliphatic heterocycles. The fraction of sp³-hybridized carbons (Fsp3) is 0.500. The molecule has 0 saturated heterocycles. The summed E-state index contributed by atoms with van der Waals surface area (Å²) >= 11 is 0. The SMILES string of the molecule is COc1ccc(N[C@@H](C2CC=CCOC2)C(F)(F)C(F)(F)F)cc1. The highest BCUT2D eigenvalue weighted by Gasteiger charge is 2.64. The molecule has 8 heteroatoms. The van der Waals surface area contributed by atoms with E-state index in [-0.39, 0.29) is 25.3 Å². The Labute approximate surface area is 136 Å². The van der Waals surface area contributed by atoms with Gasteiger partial charge in [0.25, 0.3) is 0 Å². The summed E-state index contributed by atoms with van der Waals surface area (Å²) in [7, 11) is 1.43. The van der Waals surface area contributed by atoms with Crippen LogP contribution in [-0.4, -0.2) is 38.5 Å². The van der Waals surface area contributed by atoms with Crippen LogP contribution in [0, 0.1) is 5.92 Å². The molecule has 1 heterocycles. The van der Waals surface area contributed by atoms with Gasteiger partial charge in [0.2, 0.25) is 0 Å². The predicted molar refractivity (Wildman–Crippen MR) is 79.5 cm³/mol. The Bertz CT molecular complexity index is 557. The van der Waals surface area contributed by atoms with Crippen LogP contribution >= 0.6 is 0 Å². The topological polar surface area (TPSA) is 30.5 Å². The van der Waals surface area contributed by atoms with Crippen molar-refractivity contribution in [3.8, 4) is 5.75 Å². The molecule has 0 aromatic heterocycles. The summed E-state index contributed by atoms with van der Waals surface area (Å²) < 4.78 is 76.8. The molecule has 1 unspecified atom stereocenters. The van der Waals surface area contributed by atoms with Gasteiger partial charge in [0.15, 0.2) is 0 Å². The Morgan fingerprint density at radius 3 is 2.38 bits per heavy atom. The summed E-state index contributed by atoms with van der Waals surface area (Å²) in [6, 6.07) is 3.61. The van der Waals surface area contributed by atoms with E-state index in [1.165, 1.54) is 31.4 Å². The van der Waals surface area contributed by atoms with Crippen LogP contribution in [-0.2, 0) is 4.74 Å². The summed E-state index contributed by atoms with van der Waals surface area (Å²) in [5, 5.41) is 2.34. The maximum Gasteiger partial charge on any atom is 0.455 e. The second-order valence-electron chi connectivity index (χ2n) is 5.48. The zero-order valence-electron chi connectivity index (χ0n) is 12.9. The van der Waals surface area contributed by atoms with E-state index in [0.29, 0.717) is 5.75 Å². The predicted octanol–water partition coefficient (Wildman–Crippen LogP) is 4.27. The van der Waals surface area contributed by atoms with Crippen molar-refractivity contribution in [2.45, 2.75) is 24.6 Å². The number of anilines is 1. The van der Waals surface area contributed by atoms with Gasteiger partial charge >= 0.3 is 12.1 Å². The van der Waals surface area contributed by atoms with Gasteiger partial charge in [-0.1, -0.05) is 12.2 Å². The number of ether oxygens (including phenoxy) is 2. The summed E-state index contributed by atoms with van der Waals surface area (Å²) in [5.41, 5.74) is 0.151. The molecule has 3 nitrogen and oxygen atoms in total. The summed E-state index contributed by atoms with van der Waals surface area (Å²) in [6.07, 6.45) is -2.42. The minimum Gasteiger partial charge on any atom is -0.497 e. The molecule has 134 valence electrons. The average molecular weight is 351 g/mol. The molecule has 0 saturated carbocycles. The van der Waals surface area contributed by atoms with E-state index < -0.39 is 24.1 Å². The van der Waals surface area contributed by atoms with E-state index in [4.69, 9.17) is 9.47 Å². The average Bonchev–Trinajstić information content (AvgIpc) is 2.81. The molecule has 1 N–H and O–H groups in total. The Morgan fingerprint density at radius 2 is 1.79 bits per heavy atom. The molecular weight excluding hydrogens is 333 g/mol. The molecule has 0 radical (unpaired) electrons. The van der Waals surface area contributed by atoms with E-state index in [1.807, 2.05) is 0 Å². The highest BCUT2D eigenvalue weighted by Crippen LogP contribution is 2.42. The zero-order valence-corrected chi connectivity index (χ0v) is 12.9. The molecule has 0 spiro atoms. The van der Waals surface area contributed by atoms with E-state index in [1.54, 1.807) is 12.2 Å². The number of rotatable bonds is 5. The minimum atomic E-state index is -5.66. The largest absolute Gasteiger partial charge is 0.497 e. The molecule has 2 atom stereocenters. The lowest BCUT2D eigenvalue weighted by Gasteiger charge is -2.35. The second kappa shape index (κ2) is 7.38. The van der Waals surface area contributed by atoms with Crippen LogP contribution in [0.5, 0.6) is 5.75 Å². The van der Waals surface area contributed by atoms with Crippen molar-refractivity contribution in [1.29, 1.82) is 0 Å². The van der Waals surface area contributed by atoms with Crippen molar-refractivity contribution in [1.82, 2.24) is 0 Å². The molecule has 0 bridgehead atoms. The third kappa shape index (κ3) is 4.17. The van der Waals surface area contributed by atoms with E-state index in [9.17, 15) is 22.0 Å². The molecule has 0 fully saturated rings. The van der Waals surface area contributed by atoms with Crippen LogP contribution < -0.4 is 10.1 Å². The molecule has 1 aromatic rings. The van der Waals surface area contributed by atoms with Gasteiger partial charge < -0.3 is 14.8 Å². The van der Waals surface area contributed by atoms with Crippen LogP contribution in [0.1, 0.15) is 6.42 Å². The van der Waals surface area contributed by atoms with Crippen LogP contribution in [0.2, 0.25) is 0 Å². The van der Waals surface area contributed by atoms with Gasteiger partial charge in [-0.25, -0.2) is 0 Å². The van der Waals surface area contributed by atoms with Gasteiger partial charge in [0.1, 0.15) is 11.8 Å². The van der Waals surface area contributed by atoms with E-state index in [2.05, 4.69) is 5.32 Å². The number of nitrogens with one attached hydrogen (secondary N) is 1. The summed E-state index contributed by atoms with van der Waals surface area (Å²) in [4.78, 5) is 0. The normalized spacial score (nSPS) is 20.3. The first-order valence-electron chi connectivity index (χ1n) is 7.33. The maximum absolute atomic E-state index is 14.1. The molecular formula is C16H18F5NO2. The number of methoxy groups -OCH3 is 1. The van der Waals surface area contributed by atoms with Crippen LogP contribution in [0.15, 0.2) is 36.4 Å². The Morgan fingerprint density at radius 1 is 1.12 bits per heavy atom. The third-order valence-corrected chi connectivity index (χ3v) is 3.80. The van der Waals surface area contributed by atoms with Crippen molar-refractivity contribution in [2.24, 2.45) is 5.92 Å². The Balaban J connectivity index is 2.28. The molecule has 0 aliphatic carbocycles. The molecule has 2 rings (SSSR count). The maximum atomic E-state index is 14.1. The van der Waals surface area contributed by atoms with Gasteiger partial charge in [-0.05, 0) is 30.7 Å². The molecule has 24 heavy (non-hydrogen) atoms. The number of hydrogen-bond acceptors (Lipinski definition) is 3. The van der Waals surface area contributed by atoms with Crippen molar-refractivity contribution in [3.05, 3.63) is 36.4 Å². The van der Waals surface area contributed by atoms with Crippen LogP contribution in [0.4, 0.5) is 27.6 Å². The standard InChI is InChI=1S/C16H18F5NO2/c1-23-13-7-5-12(6-8-13)22-14(15(17,18)16(19,20)21)11-4-2-3-9-24-10-11/h2-3,5-8,11,14,22H,4,9-10H2,1H3/t11?,14-/m0/s1. The lowest BCUT2D eigenvalue weighted by Crippen LogP contribution is -2.55. The first-order valence-corrected chi connectivity index (χ1v) is 7.33. The monoisotopic (exact) mass is 351 g/mol. The fourth-order valence-corrected chi connectivity index (χ4v) is 2.47. The number of allylic oxidation sites excluding steroid dienone is 1.